The average molecular weight is 408 g/mol. The molecule has 6 heteroatoms. The van der Waals surface area contributed by atoms with E-state index < -0.39 is 5.97 Å². The fourth-order valence-electron chi connectivity index (χ4n) is 2.01. The highest BCUT2D eigenvalue weighted by Gasteiger charge is 2.13. The first-order valence-corrected chi connectivity index (χ1v) is 9.43. The molecule has 0 radical (unpaired) electrons. The molecular formula is C18H18BrNO3S. The number of amides is 1. The lowest BCUT2D eigenvalue weighted by Crippen LogP contribution is -2.17. The number of thioether (sulfide) groups is 1. The van der Waals surface area contributed by atoms with Crippen LogP contribution in [0.15, 0.2) is 53.0 Å². The van der Waals surface area contributed by atoms with Crippen LogP contribution in [0, 0.1) is 0 Å². The van der Waals surface area contributed by atoms with Crippen molar-refractivity contribution in [2.75, 3.05) is 17.7 Å². The Labute approximate surface area is 154 Å². The molecule has 0 aromatic heterocycles. The molecule has 0 heterocycles. The number of ether oxygens (including phenoxy) is 1. The van der Waals surface area contributed by atoms with Gasteiger partial charge in [0, 0.05) is 10.2 Å². The van der Waals surface area contributed by atoms with E-state index in [1.54, 1.807) is 31.2 Å². The molecule has 2 aromatic carbocycles. The van der Waals surface area contributed by atoms with Crippen LogP contribution in [-0.2, 0) is 15.3 Å². The number of anilines is 1. The molecule has 1 N–H and O–H groups in total. The zero-order valence-electron chi connectivity index (χ0n) is 13.3. The first-order valence-electron chi connectivity index (χ1n) is 7.48. The second-order valence-corrected chi connectivity index (χ2v) is 6.83. The monoisotopic (exact) mass is 407 g/mol. The van der Waals surface area contributed by atoms with Gasteiger partial charge in [0.1, 0.15) is 0 Å². The number of esters is 1. The van der Waals surface area contributed by atoms with Gasteiger partial charge in [-0.15, -0.1) is 11.8 Å². The van der Waals surface area contributed by atoms with E-state index in [4.69, 9.17) is 4.74 Å². The zero-order chi connectivity index (χ0) is 17.4. The molecule has 0 spiro atoms. The number of carbonyl (C=O) groups excluding carboxylic acids is 2. The summed E-state index contributed by atoms with van der Waals surface area (Å²) in [6.07, 6.45) is 0. The van der Waals surface area contributed by atoms with Crippen LogP contribution in [-0.4, -0.2) is 24.2 Å². The number of nitrogens with one attached hydrogen (secondary N) is 1. The highest BCUT2D eigenvalue weighted by molar-refractivity contribution is 9.10. The molecule has 1 amide bonds. The summed E-state index contributed by atoms with van der Waals surface area (Å²) in [7, 11) is 0. The van der Waals surface area contributed by atoms with Crippen LogP contribution in [0.3, 0.4) is 0 Å². The summed E-state index contributed by atoms with van der Waals surface area (Å²) in [6, 6.07) is 14.8. The van der Waals surface area contributed by atoms with Gasteiger partial charge in [0.25, 0.3) is 0 Å². The third-order valence-electron chi connectivity index (χ3n) is 3.11. The van der Waals surface area contributed by atoms with Crippen molar-refractivity contribution in [1.82, 2.24) is 0 Å². The Morgan fingerprint density at radius 1 is 1.12 bits per heavy atom. The van der Waals surface area contributed by atoms with Crippen molar-refractivity contribution in [3.8, 4) is 0 Å². The van der Waals surface area contributed by atoms with Gasteiger partial charge in [0.15, 0.2) is 0 Å². The largest absolute Gasteiger partial charge is 0.462 e. The Morgan fingerprint density at radius 2 is 1.83 bits per heavy atom. The van der Waals surface area contributed by atoms with Gasteiger partial charge in [-0.3, -0.25) is 4.79 Å². The molecule has 24 heavy (non-hydrogen) atoms. The molecule has 0 aliphatic heterocycles. The number of hydrogen-bond donors (Lipinski definition) is 1. The van der Waals surface area contributed by atoms with E-state index in [1.165, 1.54) is 11.8 Å². The second kappa shape index (κ2) is 9.49. The highest BCUT2D eigenvalue weighted by Crippen LogP contribution is 2.18. The van der Waals surface area contributed by atoms with Crippen LogP contribution >= 0.6 is 27.7 Å². The Bertz CT molecular complexity index is 704. The Kier molecular flexibility index (Phi) is 7.34. The number of rotatable bonds is 7. The Balaban J connectivity index is 1.88. The van der Waals surface area contributed by atoms with Crippen LogP contribution in [0.5, 0.6) is 0 Å². The van der Waals surface area contributed by atoms with Gasteiger partial charge in [-0.2, -0.15) is 0 Å². The summed E-state index contributed by atoms with van der Waals surface area (Å²) in [5.74, 6) is 0.484. The quantitative estimate of drug-likeness (QED) is 0.686. The summed E-state index contributed by atoms with van der Waals surface area (Å²) in [6.45, 7) is 2.04. The molecule has 0 aliphatic carbocycles. The molecule has 0 bridgehead atoms. The average Bonchev–Trinajstić information content (AvgIpc) is 2.57. The van der Waals surface area contributed by atoms with Gasteiger partial charge >= 0.3 is 5.97 Å². The van der Waals surface area contributed by atoms with E-state index in [2.05, 4.69) is 21.2 Å². The summed E-state index contributed by atoms with van der Waals surface area (Å²) in [5.41, 5.74) is 2.00. The number of para-hydroxylation sites is 1. The van der Waals surface area contributed by atoms with E-state index in [0.717, 1.165) is 15.8 Å². The molecular weight excluding hydrogens is 390 g/mol. The summed E-state index contributed by atoms with van der Waals surface area (Å²) >= 11 is 4.92. The number of hydrogen-bond acceptors (Lipinski definition) is 4. The van der Waals surface area contributed by atoms with Crippen molar-refractivity contribution in [3.05, 3.63) is 64.1 Å². The fourth-order valence-corrected chi connectivity index (χ4v) is 3.06. The number of benzene rings is 2. The molecule has 0 unspecified atom stereocenters. The lowest BCUT2D eigenvalue weighted by Gasteiger charge is -2.10. The molecule has 126 valence electrons. The number of carbonyl (C=O) groups is 2. The molecule has 2 rings (SSSR count). The van der Waals surface area contributed by atoms with Gasteiger partial charge in [-0.05, 0) is 36.8 Å². The zero-order valence-corrected chi connectivity index (χ0v) is 15.7. The van der Waals surface area contributed by atoms with Crippen molar-refractivity contribution in [2.45, 2.75) is 12.7 Å². The van der Waals surface area contributed by atoms with Gasteiger partial charge in [0.2, 0.25) is 5.91 Å². The molecule has 0 fully saturated rings. The summed E-state index contributed by atoms with van der Waals surface area (Å²) in [5, 5.41) is 2.78. The minimum atomic E-state index is -0.434. The molecule has 2 aromatic rings. The van der Waals surface area contributed by atoms with Crippen molar-refractivity contribution in [2.24, 2.45) is 0 Å². The highest BCUT2D eigenvalue weighted by atomic mass is 79.9. The Morgan fingerprint density at radius 3 is 2.54 bits per heavy atom. The summed E-state index contributed by atoms with van der Waals surface area (Å²) < 4.78 is 6.03. The second-order valence-electron chi connectivity index (χ2n) is 4.93. The predicted octanol–water partition coefficient (Wildman–Crippen LogP) is 4.50. The van der Waals surface area contributed by atoms with Crippen LogP contribution in [0.4, 0.5) is 5.69 Å². The first-order chi connectivity index (χ1) is 11.6. The molecule has 0 saturated carbocycles. The van der Waals surface area contributed by atoms with Crippen LogP contribution in [0.25, 0.3) is 0 Å². The molecule has 0 atom stereocenters. The maximum Gasteiger partial charge on any atom is 0.340 e. The van der Waals surface area contributed by atoms with Crippen LogP contribution in [0.2, 0.25) is 0 Å². The third-order valence-corrected chi connectivity index (χ3v) is 4.64. The van der Waals surface area contributed by atoms with Gasteiger partial charge in [-0.1, -0.05) is 40.2 Å². The van der Waals surface area contributed by atoms with Gasteiger partial charge < -0.3 is 10.1 Å². The van der Waals surface area contributed by atoms with Crippen LogP contribution in [0.1, 0.15) is 22.8 Å². The molecule has 0 aliphatic rings. The van der Waals surface area contributed by atoms with Crippen molar-refractivity contribution in [1.29, 1.82) is 0 Å². The normalized spacial score (nSPS) is 10.2. The summed E-state index contributed by atoms with van der Waals surface area (Å²) in [4.78, 5) is 24.0. The lowest BCUT2D eigenvalue weighted by atomic mass is 10.2. The van der Waals surface area contributed by atoms with E-state index in [9.17, 15) is 9.59 Å². The minimum Gasteiger partial charge on any atom is -0.462 e. The number of halogens is 1. The lowest BCUT2D eigenvalue weighted by molar-refractivity contribution is -0.113. The van der Waals surface area contributed by atoms with E-state index in [0.29, 0.717) is 23.6 Å². The topological polar surface area (TPSA) is 55.4 Å². The maximum atomic E-state index is 12.1. The Hall–Kier alpha value is -1.79. The van der Waals surface area contributed by atoms with Gasteiger partial charge in [0.05, 0.1) is 23.6 Å². The SMILES string of the molecule is CCOC(=O)c1ccccc1NC(=O)CSCc1ccc(Br)cc1. The van der Waals surface area contributed by atoms with Crippen molar-refractivity contribution in [3.63, 3.8) is 0 Å². The minimum absolute atomic E-state index is 0.145. The van der Waals surface area contributed by atoms with Crippen molar-refractivity contribution >= 4 is 45.3 Å². The van der Waals surface area contributed by atoms with E-state index in [-0.39, 0.29) is 5.91 Å². The predicted molar refractivity (Wildman–Crippen MR) is 101 cm³/mol. The molecule has 0 saturated heterocycles. The van der Waals surface area contributed by atoms with Crippen LogP contribution < -0.4 is 5.32 Å². The maximum absolute atomic E-state index is 12.1. The smallest absolute Gasteiger partial charge is 0.340 e. The third kappa shape index (κ3) is 5.69. The standard InChI is InChI=1S/C18H18BrNO3S/c1-2-23-18(22)15-5-3-4-6-16(15)20-17(21)12-24-11-13-7-9-14(19)10-8-13/h3-10H,2,11-12H2,1H3,(H,20,21). The van der Waals surface area contributed by atoms with Gasteiger partial charge in [-0.25, -0.2) is 4.79 Å². The fraction of sp³-hybridized carbons (Fsp3) is 0.222. The van der Waals surface area contributed by atoms with E-state index in [1.807, 2.05) is 24.3 Å². The van der Waals surface area contributed by atoms with E-state index >= 15 is 0 Å². The molecule has 4 nitrogen and oxygen atoms in total. The first kappa shape index (κ1) is 18.5. The van der Waals surface area contributed by atoms with Crippen molar-refractivity contribution < 1.29 is 14.3 Å².